The molecular weight excluding hydrogens is 178 g/mol. The fourth-order valence-electron chi connectivity index (χ4n) is 1.56. The number of nitrogens with zero attached hydrogens (tertiary/aromatic N) is 1. The van der Waals surface area contributed by atoms with Crippen molar-refractivity contribution in [2.45, 2.75) is 13.0 Å². The standard InChI is InChI=1S/C11H13NO2/c1-12(2)10-4-3-8-7-14-11(13)6-9(8)5-10/h3-5H,6-7H2,1-2H3. The zero-order valence-electron chi connectivity index (χ0n) is 8.41. The Hall–Kier alpha value is -1.51. The Bertz CT molecular complexity index is 372. The van der Waals surface area contributed by atoms with Gasteiger partial charge in [0.15, 0.2) is 0 Å². The van der Waals surface area contributed by atoms with Crippen LogP contribution in [0.3, 0.4) is 0 Å². The summed E-state index contributed by atoms with van der Waals surface area (Å²) in [5.41, 5.74) is 3.33. The van der Waals surface area contributed by atoms with Gasteiger partial charge in [0.2, 0.25) is 0 Å². The zero-order chi connectivity index (χ0) is 10.1. The molecule has 0 unspecified atom stereocenters. The summed E-state index contributed by atoms with van der Waals surface area (Å²) in [6.45, 7) is 0.419. The highest BCUT2D eigenvalue weighted by molar-refractivity contribution is 5.75. The van der Waals surface area contributed by atoms with E-state index in [4.69, 9.17) is 4.74 Å². The maximum Gasteiger partial charge on any atom is 0.310 e. The van der Waals surface area contributed by atoms with Gasteiger partial charge in [-0.2, -0.15) is 0 Å². The number of carbonyl (C=O) groups is 1. The smallest absolute Gasteiger partial charge is 0.310 e. The first kappa shape index (κ1) is 9.06. The summed E-state index contributed by atoms with van der Waals surface area (Å²) in [7, 11) is 3.98. The molecule has 0 atom stereocenters. The molecular formula is C11H13NO2. The van der Waals surface area contributed by atoms with E-state index in [1.165, 1.54) is 0 Å². The molecule has 1 aliphatic heterocycles. The topological polar surface area (TPSA) is 29.5 Å². The number of esters is 1. The predicted molar refractivity (Wildman–Crippen MR) is 54.3 cm³/mol. The van der Waals surface area contributed by atoms with E-state index in [1.807, 2.05) is 31.1 Å². The third-order valence-corrected chi connectivity index (χ3v) is 2.43. The number of fused-ring (bicyclic) bond motifs is 1. The zero-order valence-corrected chi connectivity index (χ0v) is 8.41. The fraction of sp³-hybridized carbons (Fsp3) is 0.364. The minimum atomic E-state index is -0.131. The second-order valence-electron chi connectivity index (χ2n) is 3.68. The van der Waals surface area contributed by atoms with Crippen molar-refractivity contribution in [2.75, 3.05) is 19.0 Å². The van der Waals surface area contributed by atoms with Crippen LogP contribution >= 0.6 is 0 Å². The molecule has 0 bridgehead atoms. The molecule has 3 nitrogen and oxygen atoms in total. The molecule has 0 aliphatic carbocycles. The Kier molecular flexibility index (Phi) is 2.15. The van der Waals surface area contributed by atoms with Crippen molar-refractivity contribution in [3.63, 3.8) is 0 Å². The lowest BCUT2D eigenvalue weighted by Gasteiger charge is -2.19. The van der Waals surface area contributed by atoms with Gasteiger partial charge in [-0.3, -0.25) is 4.79 Å². The van der Waals surface area contributed by atoms with E-state index in [0.29, 0.717) is 13.0 Å². The minimum Gasteiger partial charge on any atom is -0.461 e. The quantitative estimate of drug-likeness (QED) is 0.627. The molecule has 0 fully saturated rings. The molecule has 0 saturated heterocycles. The average molecular weight is 191 g/mol. The van der Waals surface area contributed by atoms with Crippen LogP contribution in [0.1, 0.15) is 11.1 Å². The summed E-state index contributed by atoms with van der Waals surface area (Å²) in [5.74, 6) is -0.131. The van der Waals surface area contributed by atoms with Crippen LogP contribution in [0.4, 0.5) is 5.69 Å². The number of benzene rings is 1. The van der Waals surface area contributed by atoms with E-state index in [1.54, 1.807) is 0 Å². The van der Waals surface area contributed by atoms with Crippen LogP contribution in [0, 0.1) is 0 Å². The summed E-state index contributed by atoms with van der Waals surface area (Å²) in [6.07, 6.45) is 0.400. The fourth-order valence-corrected chi connectivity index (χ4v) is 1.56. The summed E-state index contributed by atoms with van der Waals surface area (Å²) in [6, 6.07) is 6.12. The van der Waals surface area contributed by atoms with Crippen LogP contribution in [-0.2, 0) is 22.6 Å². The average Bonchev–Trinajstić information content (AvgIpc) is 2.16. The van der Waals surface area contributed by atoms with E-state index in [9.17, 15) is 4.79 Å². The first-order valence-electron chi connectivity index (χ1n) is 4.61. The third kappa shape index (κ3) is 1.58. The lowest BCUT2D eigenvalue weighted by molar-refractivity contribution is -0.145. The summed E-state index contributed by atoms with van der Waals surface area (Å²) < 4.78 is 4.95. The molecule has 0 radical (unpaired) electrons. The molecule has 1 aromatic rings. The summed E-state index contributed by atoms with van der Waals surface area (Å²) in [4.78, 5) is 13.1. The second-order valence-corrected chi connectivity index (χ2v) is 3.68. The molecule has 1 heterocycles. The molecule has 2 rings (SSSR count). The van der Waals surface area contributed by atoms with E-state index in [2.05, 4.69) is 6.07 Å². The SMILES string of the molecule is CN(C)c1ccc2c(c1)CC(=O)OC2. The van der Waals surface area contributed by atoms with Gasteiger partial charge in [-0.05, 0) is 23.3 Å². The van der Waals surface area contributed by atoms with Crippen LogP contribution in [0.2, 0.25) is 0 Å². The minimum absolute atomic E-state index is 0.131. The third-order valence-electron chi connectivity index (χ3n) is 2.43. The summed E-state index contributed by atoms with van der Waals surface area (Å²) in [5, 5.41) is 0. The predicted octanol–water partition coefficient (Wildman–Crippen LogP) is 1.35. The summed E-state index contributed by atoms with van der Waals surface area (Å²) >= 11 is 0. The van der Waals surface area contributed by atoms with Crippen molar-refractivity contribution in [3.05, 3.63) is 29.3 Å². The van der Waals surface area contributed by atoms with E-state index < -0.39 is 0 Å². The van der Waals surface area contributed by atoms with Crippen molar-refractivity contribution >= 4 is 11.7 Å². The molecule has 1 aliphatic rings. The van der Waals surface area contributed by atoms with Crippen molar-refractivity contribution < 1.29 is 9.53 Å². The highest BCUT2D eigenvalue weighted by Gasteiger charge is 2.16. The van der Waals surface area contributed by atoms with Crippen LogP contribution < -0.4 is 4.90 Å². The van der Waals surface area contributed by atoms with Crippen molar-refractivity contribution in [1.82, 2.24) is 0 Å². The molecule has 0 spiro atoms. The Balaban J connectivity index is 2.37. The van der Waals surface area contributed by atoms with Gasteiger partial charge in [-0.25, -0.2) is 0 Å². The van der Waals surface area contributed by atoms with Gasteiger partial charge in [0, 0.05) is 19.8 Å². The van der Waals surface area contributed by atoms with E-state index in [-0.39, 0.29) is 5.97 Å². The maximum atomic E-state index is 11.1. The number of carbonyl (C=O) groups excluding carboxylic acids is 1. The van der Waals surface area contributed by atoms with Gasteiger partial charge in [-0.15, -0.1) is 0 Å². The van der Waals surface area contributed by atoms with Crippen LogP contribution in [0.5, 0.6) is 0 Å². The Morgan fingerprint density at radius 3 is 2.79 bits per heavy atom. The number of ether oxygens (including phenoxy) is 1. The van der Waals surface area contributed by atoms with Gasteiger partial charge in [-0.1, -0.05) is 6.07 Å². The largest absolute Gasteiger partial charge is 0.461 e. The number of hydrogen-bond acceptors (Lipinski definition) is 3. The van der Waals surface area contributed by atoms with Crippen LogP contribution in [-0.4, -0.2) is 20.1 Å². The van der Waals surface area contributed by atoms with Gasteiger partial charge >= 0.3 is 5.97 Å². The maximum absolute atomic E-state index is 11.1. The molecule has 0 aromatic heterocycles. The Morgan fingerprint density at radius 1 is 1.29 bits per heavy atom. The highest BCUT2D eigenvalue weighted by Crippen LogP contribution is 2.22. The van der Waals surface area contributed by atoms with Gasteiger partial charge in [0.1, 0.15) is 6.61 Å². The van der Waals surface area contributed by atoms with E-state index in [0.717, 1.165) is 16.8 Å². The second kappa shape index (κ2) is 3.33. The Morgan fingerprint density at radius 2 is 2.07 bits per heavy atom. The first-order valence-corrected chi connectivity index (χ1v) is 4.61. The molecule has 0 saturated carbocycles. The normalized spacial score (nSPS) is 14.6. The molecule has 74 valence electrons. The molecule has 0 amide bonds. The first-order chi connectivity index (χ1) is 6.66. The van der Waals surface area contributed by atoms with Crippen LogP contribution in [0.15, 0.2) is 18.2 Å². The van der Waals surface area contributed by atoms with Crippen molar-refractivity contribution in [1.29, 1.82) is 0 Å². The van der Waals surface area contributed by atoms with E-state index >= 15 is 0 Å². The van der Waals surface area contributed by atoms with Gasteiger partial charge in [0.05, 0.1) is 6.42 Å². The Labute approximate surface area is 83.3 Å². The number of hydrogen-bond donors (Lipinski definition) is 0. The molecule has 3 heteroatoms. The lowest BCUT2D eigenvalue weighted by Crippen LogP contribution is -2.17. The molecule has 0 N–H and O–H groups in total. The van der Waals surface area contributed by atoms with Crippen LogP contribution in [0.25, 0.3) is 0 Å². The number of anilines is 1. The number of rotatable bonds is 1. The van der Waals surface area contributed by atoms with Gasteiger partial charge in [0.25, 0.3) is 0 Å². The van der Waals surface area contributed by atoms with Crippen molar-refractivity contribution in [2.24, 2.45) is 0 Å². The number of cyclic esters (lactones) is 1. The highest BCUT2D eigenvalue weighted by atomic mass is 16.5. The van der Waals surface area contributed by atoms with Crippen molar-refractivity contribution in [3.8, 4) is 0 Å². The molecule has 14 heavy (non-hydrogen) atoms. The van der Waals surface area contributed by atoms with Gasteiger partial charge < -0.3 is 9.64 Å². The molecule has 1 aromatic carbocycles. The lowest BCUT2D eigenvalue weighted by atomic mass is 10.0. The monoisotopic (exact) mass is 191 g/mol.